The molecule has 3 heterocycles. The number of nitrogens with one attached hydrogen (secondary N) is 2. The second-order valence-electron chi connectivity index (χ2n) is 8.37. The summed E-state index contributed by atoms with van der Waals surface area (Å²) in [5, 5.41) is 6.97. The van der Waals surface area contributed by atoms with E-state index in [1.165, 1.54) is 19.4 Å². The van der Waals surface area contributed by atoms with Gasteiger partial charge in [-0.1, -0.05) is 11.6 Å². The van der Waals surface area contributed by atoms with Gasteiger partial charge in [0.2, 0.25) is 0 Å². The van der Waals surface area contributed by atoms with Gasteiger partial charge in [0.15, 0.2) is 0 Å². The summed E-state index contributed by atoms with van der Waals surface area (Å²) in [6, 6.07) is 1.64. The molecule has 0 atom stereocenters. The van der Waals surface area contributed by atoms with Gasteiger partial charge in [-0.05, 0) is 69.8 Å². The molecule has 1 amide bonds. The summed E-state index contributed by atoms with van der Waals surface area (Å²) in [7, 11) is 0. The van der Waals surface area contributed by atoms with Crippen molar-refractivity contribution >= 4 is 23.2 Å². The van der Waals surface area contributed by atoms with E-state index in [1.807, 2.05) is 0 Å². The highest BCUT2D eigenvalue weighted by molar-refractivity contribution is 6.33. The summed E-state index contributed by atoms with van der Waals surface area (Å²) in [5.74, 6) is 1.87. The quantitative estimate of drug-likeness (QED) is 0.654. The van der Waals surface area contributed by atoms with E-state index in [0.717, 1.165) is 50.5 Å². The van der Waals surface area contributed by atoms with Crippen molar-refractivity contribution in [3.8, 4) is 5.75 Å². The van der Waals surface area contributed by atoms with E-state index in [0.29, 0.717) is 47.5 Å². The Kier molecular flexibility index (Phi) is 6.28. The normalized spacial score (nSPS) is 21.3. The smallest absolute Gasteiger partial charge is 0.255 e. The number of carbonyl (C=O) groups excluding carboxylic acids is 1. The minimum Gasteiger partial charge on any atom is -0.492 e. The number of nitrogen functional groups attached to an aromatic ring is 1. The molecule has 0 bridgehead atoms. The zero-order chi connectivity index (χ0) is 19.5. The Hall–Kier alpha value is -1.50. The number of nitrogens with two attached hydrogens (primary N) is 1. The van der Waals surface area contributed by atoms with Crippen LogP contribution in [0.15, 0.2) is 6.07 Å². The lowest BCUT2D eigenvalue weighted by Gasteiger charge is -2.35. The number of fused-ring (bicyclic) bond motifs is 1. The van der Waals surface area contributed by atoms with Crippen LogP contribution in [0.4, 0.5) is 5.69 Å². The molecule has 3 aliphatic heterocycles. The molecule has 2 fully saturated rings. The number of rotatable bonds is 5. The van der Waals surface area contributed by atoms with Crippen LogP contribution in [0.1, 0.15) is 41.6 Å². The van der Waals surface area contributed by atoms with Gasteiger partial charge >= 0.3 is 0 Å². The van der Waals surface area contributed by atoms with E-state index in [9.17, 15) is 4.79 Å². The number of nitrogens with zero attached hydrogens (tertiary/aromatic N) is 1. The van der Waals surface area contributed by atoms with Crippen molar-refractivity contribution in [2.75, 3.05) is 51.6 Å². The molecule has 4 N–H and O–H groups in total. The van der Waals surface area contributed by atoms with E-state index in [2.05, 4.69) is 15.5 Å². The molecule has 4 rings (SSSR count). The topological polar surface area (TPSA) is 79.6 Å². The second kappa shape index (κ2) is 8.89. The number of anilines is 1. The van der Waals surface area contributed by atoms with Crippen molar-refractivity contribution in [3.63, 3.8) is 0 Å². The highest BCUT2D eigenvalue weighted by Gasteiger charge is 2.27. The first-order valence-electron chi connectivity index (χ1n) is 10.6. The molecule has 3 aliphatic rings. The fourth-order valence-corrected chi connectivity index (χ4v) is 4.89. The molecule has 6 nitrogen and oxygen atoms in total. The molecule has 28 heavy (non-hydrogen) atoms. The molecule has 154 valence electrons. The maximum absolute atomic E-state index is 12.7. The van der Waals surface area contributed by atoms with Crippen LogP contribution < -0.4 is 21.1 Å². The van der Waals surface area contributed by atoms with Crippen LogP contribution in [0.2, 0.25) is 5.02 Å². The number of benzene rings is 1. The van der Waals surface area contributed by atoms with Crippen LogP contribution in [-0.2, 0) is 6.42 Å². The van der Waals surface area contributed by atoms with Crippen LogP contribution >= 0.6 is 11.6 Å². The Morgan fingerprint density at radius 3 is 2.75 bits per heavy atom. The molecule has 0 spiro atoms. The SMILES string of the molecule is Nc1c(Cl)cc(C(=O)NCC2CCN(CC3CCNCC3)CC2)c2c1CCO2. The lowest BCUT2D eigenvalue weighted by atomic mass is 9.93. The zero-order valence-electron chi connectivity index (χ0n) is 16.4. The highest BCUT2D eigenvalue weighted by atomic mass is 35.5. The van der Waals surface area contributed by atoms with Crippen LogP contribution in [0, 0.1) is 11.8 Å². The highest BCUT2D eigenvalue weighted by Crippen LogP contribution is 2.38. The molecule has 2 saturated heterocycles. The monoisotopic (exact) mass is 406 g/mol. The van der Waals surface area contributed by atoms with E-state index in [1.54, 1.807) is 6.07 Å². The van der Waals surface area contributed by atoms with E-state index in [4.69, 9.17) is 22.1 Å². The first-order chi connectivity index (χ1) is 13.6. The summed E-state index contributed by atoms with van der Waals surface area (Å²) < 4.78 is 5.65. The third kappa shape index (κ3) is 4.39. The molecule has 0 radical (unpaired) electrons. The van der Waals surface area contributed by atoms with Crippen molar-refractivity contribution in [2.45, 2.75) is 32.1 Å². The summed E-state index contributed by atoms with van der Waals surface area (Å²) in [5.41, 5.74) is 7.93. The second-order valence-corrected chi connectivity index (χ2v) is 8.78. The maximum Gasteiger partial charge on any atom is 0.255 e. The zero-order valence-corrected chi connectivity index (χ0v) is 17.2. The van der Waals surface area contributed by atoms with Gasteiger partial charge in [0, 0.05) is 25.1 Å². The van der Waals surface area contributed by atoms with Crippen molar-refractivity contribution in [2.24, 2.45) is 11.8 Å². The van der Waals surface area contributed by atoms with Crippen LogP contribution in [0.3, 0.4) is 0 Å². The number of piperidine rings is 2. The van der Waals surface area contributed by atoms with Gasteiger partial charge < -0.3 is 26.0 Å². The fourth-order valence-electron chi connectivity index (χ4n) is 4.67. The van der Waals surface area contributed by atoms with Crippen LogP contribution in [-0.4, -0.2) is 56.7 Å². The predicted octanol–water partition coefficient (Wildman–Crippen LogP) is 2.30. The first kappa shape index (κ1) is 19.8. The molecule has 0 aliphatic carbocycles. The first-order valence-corrected chi connectivity index (χ1v) is 10.9. The number of amides is 1. The van der Waals surface area contributed by atoms with Crippen molar-refractivity contribution < 1.29 is 9.53 Å². The average Bonchev–Trinajstić information content (AvgIpc) is 3.21. The Bertz CT molecular complexity index is 713. The summed E-state index contributed by atoms with van der Waals surface area (Å²) in [4.78, 5) is 15.3. The minimum atomic E-state index is -0.114. The number of hydrogen-bond donors (Lipinski definition) is 3. The minimum absolute atomic E-state index is 0.114. The summed E-state index contributed by atoms with van der Waals surface area (Å²) in [6.07, 6.45) is 5.58. The van der Waals surface area contributed by atoms with E-state index >= 15 is 0 Å². The van der Waals surface area contributed by atoms with E-state index < -0.39 is 0 Å². The van der Waals surface area contributed by atoms with Gasteiger partial charge in [-0.2, -0.15) is 0 Å². The van der Waals surface area contributed by atoms with Crippen molar-refractivity contribution in [1.29, 1.82) is 0 Å². The van der Waals surface area contributed by atoms with Crippen LogP contribution in [0.5, 0.6) is 5.75 Å². The third-order valence-electron chi connectivity index (χ3n) is 6.45. The third-order valence-corrected chi connectivity index (χ3v) is 6.76. The molecular formula is C21H31ClN4O2. The number of halogens is 1. The van der Waals surface area contributed by atoms with Gasteiger partial charge in [0.25, 0.3) is 5.91 Å². The van der Waals surface area contributed by atoms with Gasteiger partial charge in [0.05, 0.1) is 22.9 Å². The molecule has 7 heteroatoms. The number of hydrogen-bond acceptors (Lipinski definition) is 5. The molecular weight excluding hydrogens is 376 g/mol. The molecule has 0 saturated carbocycles. The predicted molar refractivity (Wildman–Crippen MR) is 112 cm³/mol. The Labute approximate surface area is 172 Å². The molecule has 1 aromatic carbocycles. The average molecular weight is 407 g/mol. The molecule has 0 unspecified atom stereocenters. The van der Waals surface area contributed by atoms with Crippen molar-refractivity contribution in [1.82, 2.24) is 15.5 Å². The van der Waals surface area contributed by atoms with Gasteiger partial charge in [-0.15, -0.1) is 0 Å². The number of ether oxygens (including phenoxy) is 1. The maximum atomic E-state index is 12.7. The van der Waals surface area contributed by atoms with Gasteiger partial charge in [0.1, 0.15) is 5.75 Å². The Balaban J connectivity index is 1.26. The fraction of sp³-hybridized carbons (Fsp3) is 0.667. The summed E-state index contributed by atoms with van der Waals surface area (Å²) >= 11 is 6.22. The lowest BCUT2D eigenvalue weighted by Crippen LogP contribution is -2.42. The molecule has 1 aromatic rings. The number of likely N-dealkylation sites (tertiary alicyclic amines) is 1. The Morgan fingerprint density at radius 2 is 2.00 bits per heavy atom. The lowest BCUT2D eigenvalue weighted by molar-refractivity contribution is 0.0928. The van der Waals surface area contributed by atoms with Crippen molar-refractivity contribution in [3.05, 3.63) is 22.2 Å². The number of carbonyl (C=O) groups is 1. The van der Waals surface area contributed by atoms with Gasteiger partial charge in [-0.25, -0.2) is 0 Å². The standard InChI is InChI=1S/C21H31ClN4O2/c22-18-11-17(20-16(19(18)23)5-10-28-20)21(27)25-12-14-3-8-26(9-4-14)13-15-1-6-24-7-2-15/h11,14-15,24H,1-10,12-13,23H2,(H,25,27). The largest absolute Gasteiger partial charge is 0.492 e. The molecule has 0 aromatic heterocycles. The van der Waals surface area contributed by atoms with Gasteiger partial charge in [-0.3, -0.25) is 4.79 Å². The van der Waals surface area contributed by atoms with E-state index in [-0.39, 0.29) is 5.91 Å². The summed E-state index contributed by atoms with van der Waals surface area (Å²) in [6.45, 7) is 7.08. The van der Waals surface area contributed by atoms with Crippen LogP contribution in [0.25, 0.3) is 0 Å². The Morgan fingerprint density at radius 1 is 1.25 bits per heavy atom.